The molecule has 0 saturated carbocycles. The molecule has 32 heavy (non-hydrogen) atoms. The monoisotopic (exact) mass is 417 g/mol. The van der Waals surface area contributed by atoms with Gasteiger partial charge in [-0.25, -0.2) is 9.83 Å². The second-order valence-corrected chi connectivity index (χ2v) is 8.72. The molecule has 0 aliphatic heterocycles. The molecule has 0 aliphatic rings. The molecule has 0 bridgehead atoms. The maximum Gasteiger partial charge on any atom is 0.193 e. The van der Waals surface area contributed by atoms with E-state index < -0.39 is 0 Å². The third-order valence-electron chi connectivity index (χ3n) is 5.78. The first-order valence-corrected chi connectivity index (χ1v) is 10.8. The van der Waals surface area contributed by atoms with Gasteiger partial charge in [-0.05, 0) is 82.5 Å². The number of hydrogen-bond acceptors (Lipinski definition) is 2. The van der Waals surface area contributed by atoms with Crippen LogP contribution < -0.4 is 0 Å². The van der Waals surface area contributed by atoms with Gasteiger partial charge in [0.15, 0.2) is 5.69 Å². The summed E-state index contributed by atoms with van der Waals surface area (Å²) >= 11 is 0. The van der Waals surface area contributed by atoms with Crippen LogP contribution in [0.25, 0.3) is 38.6 Å². The van der Waals surface area contributed by atoms with Crippen molar-refractivity contribution in [3.05, 3.63) is 99.5 Å². The van der Waals surface area contributed by atoms with Gasteiger partial charge in [0, 0.05) is 11.1 Å². The van der Waals surface area contributed by atoms with E-state index in [1.807, 2.05) is 32.2 Å². The fraction of sp³-hybridized carbons (Fsp3) is 0.207. The molecular weight excluding hydrogens is 390 g/mol. The van der Waals surface area contributed by atoms with Crippen molar-refractivity contribution in [3.8, 4) is 33.8 Å². The largest absolute Gasteiger partial charge is 0.252 e. The van der Waals surface area contributed by atoms with Gasteiger partial charge in [-0.3, -0.25) is 4.98 Å². The van der Waals surface area contributed by atoms with Gasteiger partial charge in [0.05, 0.1) is 29.9 Å². The Labute approximate surface area is 190 Å². The van der Waals surface area contributed by atoms with Crippen molar-refractivity contribution in [1.82, 2.24) is 9.97 Å². The Bertz CT molecular complexity index is 1350. The Hall–Kier alpha value is -3.77. The minimum Gasteiger partial charge on any atom is -0.252 e. The molecule has 0 spiro atoms. The fourth-order valence-electron chi connectivity index (χ4n) is 4.44. The van der Waals surface area contributed by atoms with Gasteiger partial charge in [0.2, 0.25) is 0 Å². The molecule has 0 amide bonds. The van der Waals surface area contributed by atoms with E-state index in [0.29, 0.717) is 5.69 Å². The average Bonchev–Trinajstić information content (AvgIpc) is 2.72. The maximum atomic E-state index is 7.58. The predicted octanol–water partition coefficient (Wildman–Crippen LogP) is 7.88. The number of benzene rings is 3. The van der Waals surface area contributed by atoms with Crippen LogP contribution >= 0.6 is 0 Å². The van der Waals surface area contributed by atoms with Crippen molar-refractivity contribution >= 4 is 5.69 Å². The van der Waals surface area contributed by atoms with Crippen molar-refractivity contribution < 1.29 is 0 Å². The topological polar surface area (TPSA) is 30.1 Å². The van der Waals surface area contributed by atoms with Gasteiger partial charge in [-0.15, -0.1) is 0 Å². The standard InChI is InChI=1S/C29H27N3/c1-17-10-18(2)13-23(12-17)28-29(24-14-19(3)11-20(4)15-24)32-26(16-31-28)25-9-8-21(5)27(30-7)22(25)6/h8-16H,1-6H3. The molecule has 0 aliphatic carbocycles. The molecule has 0 atom stereocenters. The van der Waals surface area contributed by atoms with Crippen LogP contribution in [0.5, 0.6) is 0 Å². The van der Waals surface area contributed by atoms with Crippen LogP contribution in [-0.4, -0.2) is 9.97 Å². The van der Waals surface area contributed by atoms with E-state index in [4.69, 9.17) is 16.5 Å². The van der Waals surface area contributed by atoms with E-state index in [-0.39, 0.29) is 0 Å². The summed E-state index contributed by atoms with van der Waals surface area (Å²) in [5, 5.41) is 0. The summed E-state index contributed by atoms with van der Waals surface area (Å²) in [5.41, 5.74) is 13.0. The van der Waals surface area contributed by atoms with E-state index in [9.17, 15) is 0 Å². The molecule has 4 aromatic rings. The number of hydrogen-bond donors (Lipinski definition) is 0. The molecule has 0 radical (unpaired) electrons. The molecule has 1 aromatic heterocycles. The van der Waals surface area contributed by atoms with Crippen LogP contribution in [0, 0.1) is 48.1 Å². The van der Waals surface area contributed by atoms with Crippen LogP contribution in [0.1, 0.15) is 33.4 Å². The Balaban J connectivity index is 2.01. The Morgan fingerprint density at radius 2 is 1.22 bits per heavy atom. The molecule has 0 fully saturated rings. The summed E-state index contributed by atoms with van der Waals surface area (Å²) in [6.07, 6.45) is 1.84. The molecule has 3 aromatic carbocycles. The molecule has 4 rings (SSSR count). The maximum absolute atomic E-state index is 7.58. The van der Waals surface area contributed by atoms with Crippen molar-refractivity contribution in [2.75, 3.05) is 0 Å². The zero-order valence-corrected chi connectivity index (χ0v) is 19.5. The third kappa shape index (κ3) is 4.05. The smallest absolute Gasteiger partial charge is 0.193 e. The molecule has 0 N–H and O–H groups in total. The minimum atomic E-state index is 0.690. The molecule has 3 heteroatoms. The summed E-state index contributed by atoms with van der Waals surface area (Å²) in [6.45, 7) is 20.0. The highest BCUT2D eigenvalue weighted by atomic mass is 14.8. The zero-order chi connectivity index (χ0) is 23.0. The highest BCUT2D eigenvalue weighted by molar-refractivity contribution is 5.82. The Morgan fingerprint density at radius 1 is 0.688 bits per heavy atom. The first-order valence-electron chi connectivity index (χ1n) is 10.8. The first-order chi connectivity index (χ1) is 15.3. The Morgan fingerprint density at radius 3 is 1.75 bits per heavy atom. The number of aromatic nitrogens is 2. The van der Waals surface area contributed by atoms with Crippen LogP contribution in [0.15, 0.2) is 54.7 Å². The quantitative estimate of drug-likeness (QED) is 0.317. The lowest BCUT2D eigenvalue weighted by molar-refractivity contribution is 1.20. The minimum absolute atomic E-state index is 0.690. The van der Waals surface area contributed by atoms with E-state index in [2.05, 4.69) is 68.9 Å². The van der Waals surface area contributed by atoms with Crippen molar-refractivity contribution in [2.45, 2.75) is 41.5 Å². The summed E-state index contributed by atoms with van der Waals surface area (Å²) < 4.78 is 0. The molecule has 3 nitrogen and oxygen atoms in total. The molecular formula is C29H27N3. The van der Waals surface area contributed by atoms with Crippen molar-refractivity contribution in [3.63, 3.8) is 0 Å². The summed E-state index contributed by atoms with van der Waals surface area (Å²) in [5.74, 6) is 0. The van der Waals surface area contributed by atoms with Gasteiger partial charge in [-0.2, -0.15) is 0 Å². The first kappa shape index (κ1) is 21.5. The van der Waals surface area contributed by atoms with Crippen LogP contribution in [0.4, 0.5) is 5.69 Å². The zero-order valence-electron chi connectivity index (χ0n) is 19.5. The predicted molar refractivity (Wildman–Crippen MR) is 133 cm³/mol. The van der Waals surface area contributed by atoms with Gasteiger partial charge in [0.1, 0.15) is 0 Å². The molecule has 158 valence electrons. The van der Waals surface area contributed by atoms with E-state index in [1.54, 1.807) is 0 Å². The molecule has 0 saturated heterocycles. The highest BCUT2D eigenvalue weighted by Gasteiger charge is 2.17. The van der Waals surface area contributed by atoms with Gasteiger partial charge >= 0.3 is 0 Å². The lowest BCUT2D eigenvalue weighted by Gasteiger charge is -2.15. The SMILES string of the molecule is [C-]#[N+]c1c(C)ccc(-c2cnc(-c3cc(C)cc(C)c3)c(-c3cc(C)cc(C)c3)n2)c1C. The third-order valence-corrected chi connectivity index (χ3v) is 5.78. The van der Waals surface area contributed by atoms with E-state index in [1.165, 1.54) is 22.3 Å². The van der Waals surface area contributed by atoms with Crippen molar-refractivity contribution in [1.29, 1.82) is 0 Å². The van der Waals surface area contributed by atoms with Gasteiger partial charge < -0.3 is 0 Å². The van der Waals surface area contributed by atoms with Gasteiger partial charge in [-0.1, -0.05) is 46.5 Å². The fourth-order valence-corrected chi connectivity index (χ4v) is 4.44. The average molecular weight is 418 g/mol. The Kier molecular flexibility index (Phi) is 5.63. The van der Waals surface area contributed by atoms with E-state index >= 15 is 0 Å². The summed E-state index contributed by atoms with van der Waals surface area (Å²) in [7, 11) is 0. The second kappa shape index (κ2) is 8.40. The highest BCUT2D eigenvalue weighted by Crippen LogP contribution is 2.36. The van der Waals surface area contributed by atoms with Crippen LogP contribution in [0.3, 0.4) is 0 Å². The van der Waals surface area contributed by atoms with E-state index in [0.717, 1.165) is 44.9 Å². The number of aryl methyl sites for hydroxylation is 5. The number of rotatable bonds is 3. The van der Waals surface area contributed by atoms with Crippen LogP contribution in [-0.2, 0) is 0 Å². The summed E-state index contributed by atoms with van der Waals surface area (Å²) in [4.78, 5) is 13.8. The second-order valence-electron chi connectivity index (χ2n) is 8.72. The van der Waals surface area contributed by atoms with Crippen molar-refractivity contribution in [2.24, 2.45) is 0 Å². The lowest BCUT2D eigenvalue weighted by atomic mass is 9.97. The van der Waals surface area contributed by atoms with Crippen LogP contribution in [0.2, 0.25) is 0 Å². The number of nitrogens with zero attached hydrogens (tertiary/aromatic N) is 3. The summed E-state index contributed by atoms with van der Waals surface area (Å²) in [6, 6.07) is 17.0. The lowest BCUT2D eigenvalue weighted by Crippen LogP contribution is -1.99. The van der Waals surface area contributed by atoms with Gasteiger partial charge in [0.25, 0.3) is 0 Å². The molecule has 1 heterocycles. The molecule has 0 unspecified atom stereocenters. The normalized spacial score (nSPS) is 10.8.